The van der Waals surface area contributed by atoms with Gasteiger partial charge in [0.2, 0.25) is 5.91 Å². The summed E-state index contributed by atoms with van der Waals surface area (Å²) in [7, 11) is 1.57. The lowest BCUT2D eigenvalue weighted by molar-refractivity contribution is -0.133. The summed E-state index contributed by atoms with van der Waals surface area (Å²) >= 11 is 0. The number of nitrogens with zero attached hydrogens (tertiary/aromatic N) is 4. The molecule has 0 aliphatic carbocycles. The molecule has 4 heterocycles. The van der Waals surface area contributed by atoms with Gasteiger partial charge < -0.3 is 29.0 Å². The molecule has 0 radical (unpaired) electrons. The van der Waals surface area contributed by atoms with Gasteiger partial charge >= 0.3 is 0 Å². The number of carbonyl (C=O) groups is 2. The molecular formula is C31H30FN5O5. The molecule has 1 unspecified atom stereocenters. The topological polar surface area (TPSA) is 108 Å². The molecule has 1 atom stereocenters. The molecule has 8 bridgehead atoms. The molecule has 0 fully saturated rings. The summed E-state index contributed by atoms with van der Waals surface area (Å²) in [6.07, 6.45) is 4.60. The van der Waals surface area contributed by atoms with Crippen LogP contribution in [0.25, 0.3) is 0 Å². The molecule has 216 valence electrons. The molecule has 3 aliphatic rings. The fourth-order valence-electron chi connectivity index (χ4n) is 5.41. The number of nitrogens with one attached hydrogen (secondary N) is 1. The van der Waals surface area contributed by atoms with E-state index in [2.05, 4.69) is 15.5 Å². The molecule has 10 nitrogen and oxygen atoms in total. The van der Waals surface area contributed by atoms with Gasteiger partial charge in [0.25, 0.3) is 5.91 Å². The predicted molar refractivity (Wildman–Crippen MR) is 150 cm³/mol. The monoisotopic (exact) mass is 571 g/mol. The average Bonchev–Trinajstić information content (AvgIpc) is 3.53. The quantitative estimate of drug-likeness (QED) is 0.389. The summed E-state index contributed by atoms with van der Waals surface area (Å²) in [6.45, 7) is 1.55. The maximum absolute atomic E-state index is 14.5. The number of rotatable bonds is 4. The summed E-state index contributed by atoms with van der Waals surface area (Å²) in [5.41, 5.74) is 2.79. The first-order chi connectivity index (χ1) is 20.5. The van der Waals surface area contributed by atoms with Crippen molar-refractivity contribution in [1.82, 2.24) is 25.0 Å². The van der Waals surface area contributed by atoms with Gasteiger partial charge in [0, 0.05) is 26.1 Å². The number of methoxy groups -OCH3 is 1. The summed E-state index contributed by atoms with van der Waals surface area (Å²) in [5, 5.41) is 10.4. The molecule has 2 amide bonds. The second-order valence-electron chi connectivity index (χ2n) is 10.2. The van der Waals surface area contributed by atoms with Crippen molar-refractivity contribution >= 4 is 11.8 Å². The van der Waals surface area contributed by atoms with E-state index in [4.69, 9.17) is 14.2 Å². The zero-order valence-electron chi connectivity index (χ0n) is 23.1. The predicted octanol–water partition coefficient (Wildman–Crippen LogP) is 4.29. The summed E-state index contributed by atoms with van der Waals surface area (Å²) in [5.74, 6) is 0.846. The second kappa shape index (κ2) is 11.9. The van der Waals surface area contributed by atoms with E-state index < -0.39 is 11.7 Å². The largest absolute Gasteiger partial charge is 0.493 e. The molecule has 3 aliphatic heterocycles. The van der Waals surface area contributed by atoms with Crippen LogP contribution >= 0.6 is 0 Å². The van der Waals surface area contributed by atoms with Gasteiger partial charge in [0.15, 0.2) is 11.5 Å². The van der Waals surface area contributed by atoms with Gasteiger partial charge in [0.1, 0.15) is 30.0 Å². The molecule has 42 heavy (non-hydrogen) atoms. The van der Waals surface area contributed by atoms with Crippen molar-refractivity contribution in [3.05, 3.63) is 95.3 Å². The smallest absolute Gasteiger partial charge is 0.254 e. The standard InChI is InChI=1S/C31H30FN5O5/c1-40-27-8-3-21-16-28(27)41-14-2-11-33-31(39)25-17-23(5-7-26(25)32)42-22-4-6-24-20(15-22)9-13-37(30(21)24)29(38)10-12-36-18-34-35-19-36/h3-8,15-19,30H,2,9-14H2,1H3,(H,33,39). The molecule has 3 aromatic carbocycles. The van der Waals surface area contributed by atoms with Crippen molar-refractivity contribution in [2.45, 2.75) is 31.8 Å². The summed E-state index contributed by atoms with van der Waals surface area (Å²) < 4.78 is 34.0. The lowest BCUT2D eigenvalue weighted by atomic mass is 9.87. The van der Waals surface area contributed by atoms with Crippen molar-refractivity contribution in [3.8, 4) is 23.0 Å². The Morgan fingerprint density at radius 3 is 2.74 bits per heavy atom. The van der Waals surface area contributed by atoms with Gasteiger partial charge in [-0.15, -0.1) is 10.2 Å². The number of amides is 2. The van der Waals surface area contributed by atoms with Crippen LogP contribution in [-0.2, 0) is 17.8 Å². The molecule has 11 heteroatoms. The maximum Gasteiger partial charge on any atom is 0.254 e. The first-order valence-electron chi connectivity index (χ1n) is 13.8. The average molecular weight is 572 g/mol. The van der Waals surface area contributed by atoms with Crippen molar-refractivity contribution in [1.29, 1.82) is 0 Å². The van der Waals surface area contributed by atoms with Gasteiger partial charge in [-0.1, -0.05) is 12.1 Å². The van der Waals surface area contributed by atoms with Crippen molar-refractivity contribution < 1.29 is 28.2 Å². The Labute approximate surface area is 242 Å². The summed E-state index contributed by atoms with van der Waals surface area (Å²) in [6, 6.07) is 15.2. The van der Waals surface area contributed by atoms with Gasteiger partial charge in [-0.05, 0) is 72.0 Å². The van der Waals surface area contributed by atoms with E-state index >= 15 is 0 Å². The van der Waals surface area contributed by atoms with E-state index in [0.29, 0.717) is 55.4 Å². The van der Waals surface area contributed by atoms with Crippen molar-refractivity contribution in [3.63, 3.8) is 0 Å². The Hall–Kier alpha value is -4.93. The fourth-order valence-corrected chi connectivity index (χ4v) is 5.41. The zero-order valence-corrected chi connectivity index (χ0v) is 23.1. The second-order valence-corrected chi connectivity index (χ2v) is 10.2. The number of ether oxygens (including phenoxy) is 3. The van der Waals surface area contributed by atoms with Gasteiger partial charge in [-0.3, -0.25) is 9.59 Å². The molecule has 0 saturated heterocycles. The zero-order chi connectivity index (χ0) is 29.1. The van der Waals surface area contributed by atoms with E-state index in [1.165, 1.54) is 18.2 Å². The van der Waals surface area contributed by atoms with Crippen LogP contribution in [0.5, 0.6) is 23.0 Å². The highest BCUT2D eigenvalue weighted by Gasteiger charge is 2.33. The molecule has 1 aromatic heterocycles. The number of benzene rings is 3. The van der Waals surface area contributed by atoms with Gasteiger partial charge in [0.05, 0.1) is 25.3 Å². The van der Waals surface area contributed by atoms with Crippen LogP contribution in [0.1, 0.15) is 45.9 Å². The minimum Gasteiger partial charge on any atom is -0.493 e. The highest BCUT2D eigenvalue weighted by molar-refractivity contribution is 5.94. The minimum absolute atomic E-state index is 0.00897. The summed E-state index contributed by atoms with van der Waals surface area (Å²) in [4.78, 5) is 28.2. The molecule has 7 rings (SSSR count). The number of aromatic nitrogens is 3. The van der Waals surface area contributed by atoms with Crippen LogP contribution in [-0.4, -0.2) is 58.3 Å². The first kappa shape index (κ1) is 27.3. The Morgan fingerprint density at radius 2 is 1.90 bits per heavy atom. The maximum atomic E-state index is 14.5. The lowest BCUT2D eigenvalue weighted by Crippen LogP contribution is -2.41. The van der Waals surface area contributed by atoms with Crippen LogP contribution in [0.2, 0.25) is 0 Å². The van der Waals surface area contributed by atoms with Gasteiger partial charge in [-0.25, -0.2) is 4.39 Å². The lowest BCUT2D eigenvalue weighted by Gasteiger charge is -2.38. The van der Waals surface area contributed by atoms with Crippen molar-refractivity contribution in [2.75, 3.05) is 26.8 Å². The SMILES string of the molecule is COc1ccc2cc1OCCCNC(=O)c1cc(ccc1F)Oc1ccc3c(c1)CCN(C(=O)CCn1cnnc1)C23. The first-order valence-corrected chi connectivity index (χ1v) is 13.8. The Kier molecular flexibility index (Phi) is 7.72. The number of carbonyl (C=O) groups excluding carboxylic acids is 2. The highest BCUT2D eigenvalue weighted by Crippen LogP contribution is 2.41. The third-order valence-corrected chi connectivity index (χ3v) is 7.50. The van der Waals surface area contributed by atoms with E-state index in [-0.39, 0.29) is 30.7 Å². The van der Waals surface area contributed by atoms with E-state index in [9.17, 15) is 14.0 Å². The number of fused-ring (bicyclic) bond motifs is 6. The van der Waals surface area contributed by atoms with Crippen LogP contribution in [0.15, 0.2) is 67.3 Å². The van der Waals surface area contributed by atoms with Gasteiger partial charge in [-0.2, -0.15) is 0 Å². The Balaban J connectivity index is 1.40. The number of hydrogen-bond acceptors (Lipinski definition) is 7. The Bertz CT molecular complexity index is 1610. The van der Waals surface area contributed by atoms with Crippen LogP contribution in [0.3, 0.4) is 0 Å². The van der Waals surface area contributed by atoms with Crippen LogP contribution in [0, 0.1) is 5.82 Å². The van der Waals surface area contributed by atoms with Crippen LogP contribution in [0.4, 0.5) is 4.39 Å². The van der Waals surface area contributed by atoms with E-state index in [1.54, 1.807) is 24.3 Å². The normalized spacial score (nSPS) is 16.5. The molecule has 1 N–H and O–H groups in total. The molecule has 0 saturated carbocycles. The van der Waals surface area contributed by atoms with Crippen LogP contribution < -0.4 is 19.5 Å². The van der Waals surface area contributed by atoms with Crippen molar-refractivity contribution in [2.24, 2.45) is 0 Å². The molecule has 4 aromatic rings. The van der Waals surface area contributed by atoms with E-state index in [1.807, 2.05) is 41.3 Å². The third-order valence-electron chi connectivity index (χ3n) is 7.50. The fraction of sp³-hybridized carbons (Fsp3) is 0.290. The van der Waals surface area contributed by atoms with E-state index in [0.717, 1.165) is 16.7 Å². The number of aryl methyl sites for hydroxylation is 1. The number of halogens is 1. The Morgan fingerprint density at radius 1 is 1.10 bits per heavy atom. The molecule has 0 spiro atoms. The minimum atomic E-state index is -0.630. The highest BCUT2D eigenvalue weighted by atomic mass is 19.1. The third kappa shape index (κ3) is 5.63. The number of hydrogen-bond donors (Lipinski definition) is 1. The molecular weight excluding hydrogens is 541 g/mol.